The molecule has 0 fully saturated rings. The monoisotopic (exact) mass is 377 g/mol. The van der Waals surface area contributed by atoms with E-state index in [0.717, 1.165) is 24.3 Å². The summed E-state index contributed by atoms with van der Waals surface area (Å²) in [7, 11) is -10.00. The Morgan fingerprint density at radius 2 is 1.48 bits per heavy atom. The van der Waals surface area contributed by atoms with Gasteiger partial charge in [0.1, 0.15) is 20.2 Å². The molecule has 0 aliphatic heterocycles. The van der Waals surface area contributed by atoms with Crippen LogP contribution in [0.15, 0.2) is 40.1 Å². The molecule has 2 aromatic carbocycles. The van der Waals surface area contributed by atoms with Crippen LogP contribution < -0.4 is 59.1 Å². The van der Waals surface area contributed by atoms with Gasteiger partial charge in [-0.2, -0.15) is 0 Å². The van der Waals surface area contributed by atoms with E-state index in [1.165, 1.54) is 0 Å². The Morgan fingerprint density at radius 1 is 0.913 bits per heavy atom. The van der Waals surface area contributed by atoms with Crippen LogP contribution in [0.25, 0.3) is 10.8 Å². The number of rotatable bonds is 3. The zero-order valence-corrected chi connectivity index (χ0v) is 17.5. The first kappa shape index (κ1) is 22.9. The largest absolute Gasteiger partial charge is 1.00 e. The van der Waals surface area contributed by atoms with Gasteiger partial charge in [0, 0.05) is 6.07 Å². The minimum absolute atomic E-state index is 0. The van der Waals surface area contributed by atoms with E-state index >= 15 is 0 Å². The minimum Gasteiger partial charge on any atom is -0.744 e. The predicted molar refractivity (Wildman–Crippen MR) is 66.5 cm³/mol. The third kappa shape index (κ3) is 4.95. The third-order valence-corrected chi connectivity index (χ3v) is 4.34. The van der Waals surface area contributed by atoms with Gasteiger partial charge in [0.05, 0.1) is 20.1 Å². The molecule has 0 N–H and O–H groups in total. The number of non-ortho nitro benzene ring substituents is 1. The molecule has 0 heterocycles. The average molecular weight is 377 g/mol. The van der Waals surface area contributed by atoms with Gasteiger partial charge in [-0.25, -0.2) is 16.8 Å². The molecule has 13 heteroatoms. The molecule has 112 valence electrons. The summed E-state index contributed by atoms with van der Waals surface area (Å²) in [6.45, 7) is 0. The summed E-state index contributed by atoms with van der Waals surface area (Å²) in [5, 5.41) is 10.2. The standard InChI is InChI=1S/C10H7NO8S2.2Na/c12-11(13)8-5-7(20(14,15)16)4-6-2-1-3-9(10(6)8)21(17,18)19;;/h1-5H,(H,14,15,16)(H,17,18,19);;/q;2*+1/p-2. The average Bonchev–Trinajstić information content (AvgIpc) is 2.34. The first-order valence-corrected chi connectivity index (χ1v) is 7.96. The fourth-order valence-electron chi connectivity index (χ4n) is 1.84. The van der Waals surface area contributed by atoms with Gasteiger partial charge in [-0.05, 0) is 17.5 Å². The van der Waals surface area contributed by atoms with Crippen LogP contribution in [0.3, 0.4) is 0 Å². The smallest absolute Gasteiger partial charge is 0.744 e. The van der Waals surface area contributed by atoms with Gasteiger partial charge in [-0.3, -0.25) is 10.1 Å². The summed E-state index contributed by atoms with van der Waals surface area (Å²) < 4.78 is 66.4. The molecule has 0 spiro atoms. The van der Waals surface area contributed by atoms with Crippen molar-refractivity contribution in [3.8, 4) is 0 Å². The number of nitro groups is 1. The van der Waals surface area contributed by atoms with Gasteiger partial charge in [0.25, 0.3) is 5.69 Å². The number of nitrogens with zero attached hydrogens (tertiary/aromatic N) is 1. The number of nitro benzene ring substituents is 1. The molecule has 9 nitrogen and oxygen atoms in total. The SMILES string of the molecule is O=[N+]([O-])c1cc(S(=O)(=O)[O-])cc2cccc(S(=O)(=O)[O-])c12.[Na+].[Na+]. The van der Waals surface area contributed by atoms with Gasteiger partial charge < -0.3 is 9.11 Å². The van der Waals surface area contributed by atoms with Crippen LogP contribution in [0.5, 0.6) is 0 Å². The number of hydrogen-bond donors (Lipinski definition) is 0. The van der Waals surface area contributed by atoms with Crippen LogP contribution in [-0.2, 0) is 20.2 Å². The van der Waals surface area contributed by atoms with Crippen molar-refractivity contribution in [3.05, 3.63) is 40.4 Å². The van der Waals surface area contributed by atoms with Gasteiger partial charge in [-0.15, -0.1) is 0 Å². The maximum absolute atomic E-state index is 11.1. The summed E-state index contributed by atoms with van der Waals surface area (Å²) in [5.41, 5.74) is -0.947. The second kappa shape index (κ2) is 7.87. The zero-order chi connectivity index (χ0) is 16.0. The molecular weight excluding hydrogens is 372 g/mol. The van der Waals surface area contributed by atoms with Crippen molar-refractivity contribution in [3.63, 3.8) is 0 Å². The Kier molecular flexibility index (Phi) is 7.84. The Bertz CT molecular complexity index is 972. The maximum Gasteiger partial charge on any atom is 1.00 e. The summed E-state index contributed by atoms with van der Waals surface area (Å²) in [6.07, 6.45) is 0. The molecule has 0 unspecified atom stereocenters. The van der Waals surface area contributed by atoms with Gasteiger partial charge in [-0.1, -0.05) is 12.1 Å². The second-order valence-electron chi connectivity index (χ2n) is 3.96. The van der Waals surface area contributed by atoms with Crippen LogP contribution in [-0.4, -0.2) is 30.9 Å². The molecule has 0 aliphatic rings. The van der Waals surface area contributed by atoms with E-state index in [9.17, 15) is 36.1 Å². The van der Waals surface area contributed by atoms with Crippen molar-refractivity contribution in [2.24, 2.45) is 0 Å². The van der Waals surface area contributed by atoms with Crippen molar-refractivity contribution in [2.75, 3.05) is 0 Å². The molecule has 0 radical (unpaired) electrons. The van der Waals surface area contributed by atoms with E-state index in [1.807, 2.05) is 0 Å². The molecule has 23 heavy (non-hydrogen) atoms. The molecule has 2 aromatic rings. The van der Waals surface area contributed by atoms with Gasteiger partial charge in [0.15, 0.2) is 0 Å². The molecule has 2 rings (SSSR count). The fourth-order valence-corrected chi connectivity index (χ4v) is 3.09. The third-order valence-electron chi connectivity index (χ3n) is 2.65. The van der Waals surface area contributed by atoms with Crippen LogP contribution in [0.4, 0.5) is 5.69 Å². The molecular formula is C10H5NNa2O8S2. The molecule has 0 atom stereocenters. The van der Waals surface area contributed by atoms with E-state index in [2.05, 4.69) is 0 Å². The van der Waals surface area contributed by atoms with Gasteiger partial charge in [0.2, 0.25) is 0 Å². The molecule has 0 bridgehead atoms. The first-order valence-electron chi connectivity index (χ1n) is 5.15. The normalized spacial score (nSPS) is 11.4. The quantitative estimate of drug-likeness (QED) is 0.222. The number of hydrogen-bond acceptors (Lipinski definition) is 8. The van der Waals surface area contributed by atoms with Crippen LogP contribution in [0, 0.1) is 10.1 Å². The van der Waals surface area contributed by atoms with E-state index in [4.69, 9.17) is 0 Å². The predicted octanol–water partition coefficient (Wildman–Crippen LogP) is -5.44. The van der Waals surface area contributed by atoms with Crippen molar-refractivity contribution in [2.45, 2.75) is 9.79 Å². The molecule has 0 saturated carbocycles. The minimum atomic E-state index is -5.02. The summed E-state index contributed by atoms with van der Waals surface area (Å²) >= 11 is 0. The van der Waals surface area contributed by atoms with Crippen molar-refractivity contribution >= 4 is 36.7 Å². The van der Waals surface area contributed by atoms with Crippen molar-refractivity contribution in [1.82, 2.24) is 0 Å². The zero-order valence-electron chi connectivity index (χ0n) is 11.9. The molecule has 0 saturated heterocycles. The Morgan fingerprint density at radius 3 is 1.91 bits per heavy atom. The maximum atomic E-state index is 11.1. The van der Waals surface area contributed by atoms with Crippen LogP contribution >= 0.6 is 0 Å². The Balaban J connectivity index is 0.00000242. The topological polar surface area (TPSA) is 158 Å². The van der Waals surface area contributed by atoms with E-state index in [0.29, 0.717) is 6.07 Å². The van der Waals surface area contributed by atoms with Crippen molar-refractivity contribution in [1.29, 1.82) is 0 Å². The van der Waals surface area contributed by atoms with E-state index < -0.39 is 46.0 Å². The fraction of sp³-hybridized carbons (Fsp3) is 0. The summed E-state index contributed by atoms with van der Waals surface area (Å²) in [4.78, 5) is 8.17. The van der Waals surface area contributed by atoms with E-state index in [-0.39, 0.29) is 64.5 Å². The second-order valence-corrected chi connectivity index (χ2v) is 6.69. The first-order chi connectivity index (χ1) is 9.51. The Hall–Kier alpha value is -0.0800. The molecule has 0 aromatic heterocycles. The van der Waals surface area contributed by atoms with Crippen molar-refractivity contribution < 1.29 is 90.0 Å². The Labute approximate surface area is 175 Å². The van der Waals surface area contributed by atoms with Gasteiger partial charge >= 0.3 is 59.1 Å². The van der Waals surface area contributed by atoms with Crippen LogP contribution in [0.1, 0.15) is 0 Å². The van der Waals surface area contributed by atoms with Crippen LogP contribution in [0.2, 0.25) is 0 Å². The summed E-state index contributed by atoms with van der Waals surface area (Å²) in [5.74, 6) is 0. The number of fused-ring (bicyclic) bond motifs is 1. The molecule has 0 aliphatic carbocycles. The molecule has 0 amide bonds. The number of benzene rings is 2. The summed E-state index contributed by atoms with van der Waals surface area (Å²) in [6, 6.07) is 4.34. The van der Waals surface area contributed by atoms with E-state index in [1.54, 1.807) is 0 Å².